The monoisotopic (exact) mass is 446 g/mol. The van der Waals surface area contributed by atoms with Crippen molar-refractivity contribution in [3.05, 3.63) is 60.4 Å². The topological polar surface area (TPSA) is 98.3 Å². The van der Waals surface area contributed by atoms with Crippen molar-refractivity contribution < 1.29 is 9.53 Å². The SMILES string of the molecule is CN(C)CCOc1cccc(C(=O)NCCCCn2cnc3c(N)nc4ccccc4c32)c1. The summed E-state index contributed by atoms with van der Waals surface area (Å²) in [4.78, 5) is 23.5. The number of unbranched alkanes of at least 4 members (excludes halogenated alkanes) is 1. The van der Waals surface area contributed by atoms with Gasteiger partial charge in [-0.3, -0.25) is 4.79 Å². The maximum Gasteiger partial charge on any atom is 0.251 e. The summed E-state index contributed by atoms with van der Waals surface area (Å²) in [5.74, 6) is 1.06. The summed E-state index contributed by atoms with van der Waals surface area (Å²) < 4.78 is 7.84. The van der Waals surface area contributed by atoms with Crippen LogP contribution in [0.5, 0.6) is 5.75 Å². The lowest BCUT2D eigenvalue weighted by molar-refractivity contribution is 0.0952. The molecule has 2 aromatic heterocycles. The van der Waals surface area contributed by atoms with E-state index in [-0.39, 0.29) is 5.91 Å². The minimum atomic E-state index is -0.0917. The van der Waals surface area contributed by atoms with Crippen LogP contribution in [-0.2, 0) is 6.54 Å². The Hall–Kier alpha value is -3.65. The van der Waals surface area contributed by atoms with Gasteiger partial charge in [-0.15, -0.1) is 0 Å². The molecule has 0 aliphatic carbocycles. The lowest BCUT2D eigenvalue weighted by atomic mass is 10.2. The number of anilines is 1. The second kappa shape index (κ2) is 10.3. The van der Waals surface area contributed by atoms with E-state index in [0.717, 1.165) is 47.9 Å². The molecule has 4 aromatic rings. The minimum Gasteiger partial charge on any atom is -0.492 e. The molecule has 0 unspecified atom stereocenters. The van der Waals surface area contributed by atoms with E-state index in [2.05, 4.69) is 24.8 Å². The fourth-order valence-electron chi connectivity index (χ4n) is 3.76. The van der Waals surface area contributed by atoms with E-state index in [1.165, 1.54) is 0 Å². The first kappa shape index (κ1) is 22.5. The second-order valence-electron chi connectivity index (χ2n) is 8.29. The molecule has 0 fully saturated rings. The van der Waals surface area contributed by atoms with Gasteiger partial charge in [-0.1, -0.05) is 24.3 Å². The number of aryl methyl sites for hydroxylation is 1. The van der Waals surface area contributed by atoms with E-state index >= 15 is 0 Å². The molecule has 0 spiro atoms. The van der Waals surface area contributed by atoms with Crippen LogP contribution in [0.1, 0.15) is 23.2 Å². The predicted octanol–water partition coefficient (Wildman–Crippen LogP) is 3.32. The van der Waals surface area contributed by atoms with E-state index in [4.69, 9.17) is 10.5 Å². The van der Waals surface area contributed by atoms with E-state index in [1.807, 2.05) is 56.8 Å². The molecule has 33 heavy (non-hydrogen) atoms. The van der Waals surface area contributed by atoms with Crippen LogP contribution in [0.15, 0.2) is 54.9 Å². The van der Waals surface area contributed by atoms with Crippen LogP contribution < -0.4 is 15.8 Å². The molecule has 8 heteroatoms. The van der Waals surface area contributed by atoms with Crippen LogP contribution in [0, 0.1) is 0 Å². The third-order valence-corrected chi connectivity index (χ3v) is 5.50. The summed E-state index contributed by atoms with van der Waals surface area (Å²) in [6.07, 6.45) is 3.56. The van der Waals surface area contributed by atoms with Gasteiger partial charge in [-0.25, -0.2) is 9.97 Å². The van der Waals surface area contributed by atoms with Crippen molar-refractivity contribution in [2.75, 3.05) is 39.5 Å². The number of nitrogens with one attached hydrogen (secondary N) is 1. The fourth-order valence-corrected chi connectivity index (χ4v) is 3.76. The number of nitrogens with zero attached hydrogens (tertiary/aromatic N) is 4. The predicted molar refractivity (Wildman–Crippen MR) is 132 cm³/mol. The van der Waals surface area contributed by atoms with Gasteiger partial charge in [0.25, 0.3) is 5.91 Å². The van der Waals surface area contributed by atoms with Gasteiger partial charge in [-0.2, -0.15) is 0 Å². The van der Waals surface area contributed by atoms with Crippen molar-refractivity contribution in [3.8, 4) is 5.75 Å². The molecular weight excluding hydrogens is 416 g/mol. The number of likely N-dealkylation sites (N-methyl/N-ethyl adjacent to an activating group) is 1. The van der Waals surface area contributed by atoms with Gasteiger partial charge in [-0.05, 0) is 51.2 Å². The summed E-state index contributed by atoms with van der Waals surface area (Å²) in [6.45, 7) is 2.79. The third kappa shape index (κ3) is 5.40. The second-order valence-corrected chi connectivity index (χ2v) is 8.29. The van der Waals surface area contributed by atoms with Crippen LogP contribution in [0.4, 0.5) is 5.82 Å². The first-order valence-corrected chi connectivity index (χ1v) is 11.2. The van der Waals surface area contributed by atoms with Gasteiger partial charge >= 0.3 is 0 Å². The molecule has 4 rings (SSSR count). The average Bonchev–Trinajstić information content (AvgIpc) is 3.24. The first-order valence-electron chi connectivity index (χ1n) is 11.2. The first-order chi connectivity index (χ1) is 16.0. The summed E-state index contributed by atoms with van der Waals surface area (Å²) in [5, 5.41) is 4.04. The summed E-state index contributed by atoms with van der Waals surface area (Å²) >= 11 is 0. The molecule has 0 atom stereocenters. The van der Waals surface area contributed by atoms with Crippen LogP contribution in [0.25, 0.3) is 21.9 Å². The molecule has 0 aliphatic rings. The molecule has 0 saturated heterocycles. The highest BCUT2D eigenvalue weighted by molar-refractivity contribution is 6.06. The zero-order chi connectivity index (χ0) is 23.2. The van der Waals surface area contributed by atoms with E-state index in [0.29, 0.717) is 30.3 Å². The van der Waals surface area contributed by atoms with E-state index < -0.39 is 0 Å². The third-order valence-electron chi connectivity index (χ3n) is 5.50. The number of nitrogen functional groups attached to an aromatic ring is 1. The number of carbonyl (C=O) groups is 1. The fraction of sp³-hybridized carbons (Fsp3) is 0.320. The summed E-state index contributed by atoms with van der Waals surface area (Å²) in [5.41, 5.74) is 9.31. The summed E-state index contributed by atoms with van der Waals surface area (Å²) in [6, 6.07) is 15.2. The number of rotatable bonds is 10. The molecule has 3 N–H and O–H groups in total. The smallest absolute Gasteiger partial charge is 0.251 e. The highest BCUT2D eigenvalue weighted by Crippen LogP contribution is 2.27. The number of fused-ring (bicyclic) bond motifs is 3. The van der Waals surface area contributed by atoms with Crippen molar-refractivity contribution in [1.82, 2.24) is 24.8 Å². The lowest BCUT2D eigenvalue weighted by Gasteiger charge is -2.12. The lowest BCUT2D eigenvalue weighted by Crippen LogP contribution is -2.24. The van der Waals surface area contributed by atoms with Gasteiger partial charge in [0.1, 0.15) is 17.9 Å². The molecule has 2 aromatic carbocycles. The molecule has 0 saturated carbocycles. The Morgan fingerprint density at radius 3 is 2.85 bits per heavy atom. The molecular formula is C25H30N6O2. The number of imidazole rings is 1. The number of amides is 1. The highest BCUT2D eigenvalue weighted by Gasteiger charge is 2.12. The number of pyridine rings is 1. The number of nitrogens with two attached hydrogens (primary N) is 1. The van der Waals surface area contributed by atoms with Crippen molar-refractivity contribution >= 4 is 33.7 Å². The number of aromatic nitrogens is 3. The van der Waals surface area contributed by atoms with Gasteiger partial charge in [0.15, 0.2) is 5.82 Å². The Morgan fingerprint density at radius 2 is 2.00 bits per heavy atom. The summed E-state index contributed by atoms with van der Waals surface area (Å²) in [7, 11) is 3.99. The van der Waals surface area contributed by atoms with E-state index in [1.54, 1.807) is 12.1 Å². The zero-order valence-electron chi connectivity index (χ0n) is 19.1. The molecule has 1 amide bonds. The van der Waals surface area contributed by atoms with Gasteiger partial charge < -0.3 is 25.3 Å². The minimum absolute atomic E-state index is 0.0917. The average molecular weight is 447 g/mol. The van der Waals surface area contributed by atoms with Crippen LogP contribution in [0.2, 0.25) is 0 Å². The van der Waals surface area contributed by atoms with Crippen LogP contribution in [0.3, 0.4) is 0 Å². The molecule has 0 radical (unpaired) electrons. The standard InChI is InChI=1S/C25H30N6O2/c1-30(2)14-15-33-19-9-7-8-18(16-19)25(32)27-12-5-6-13-31-17-28-22-23(31)20-10-3-4-11-21(20)29-24(22)26/h3-4,7-11,16-17H,5-6,12-15H2,1-2H3,(H2,26,29)(H,27,32). The Morgan fingerprint density at radius 1 is 1.15 bits per heavy atom. The van der Waals surface area contributed by atoms with Crippen molar-refractivity contribution in [3.63, 3.8) is 0 Å². The van der Waals surface area contributed by atoms with Gasteiger partial charge in [0.05, 0.1) is 17.4 Å². The maximum atomic E-state index is 12.5. The number of para-hydroxylation sites is 1. The molecule has 0 bridgehead atoms. The van der Waals surface area contributed by atoms with Crippen molar-refractivity contribution in [1.29, 1.82) is 0 Å². The number of carbonyl (C=O) groups excluding carboxylic acids is 1. The highest BCUT2D eigenvalue weighted by atomic mass is 16.5. The number of ether oxygens (including phenoxy) is 1. The molecule has 8 nitrogen and oxygen atoms in total. The zero-order valence-corrected chi connectivity index (χ0v) is 19.1. The van der Waals surface area contributed by atoms with Crippen LogP contribution >= 0.6 is 0 Å². The van der Waals surface area contributed by atoms with Crippen LogP contribution in [-0.4, -0.2) is 59.1 Å². The normalized spacial score (nSPS) is 11.4. The number of hydrogen-bond acceptors (Lipinski definition) is 6. The van der Waals surface area contributed by atoms with E-state index in [9.17, 15) is 4.79 Å². The Labute approximate surface area is 193 Å². The molecule has 0 aliphatic heterocycles. The Kier molecular flexibility index (Phi) is 7.04. The Balaban J connectivity index is 1.30. The quantitative estimate of drug-likeness (QED) is 0.363. The maximum absolute atomic E-state index is 12.5. The van der Waals surface area contributed by atoms with Gasteiger partial charge in [0.2, 0.25) is 0 Å². The molecule has 172 valence electrons. The van der Waals surface area contributed by atoms with Crippen molar-refractivity contribution in [2.45, 2.75) is 19.4 Å². The van der Waals surface area contributed by atoms with Gasteiger partial charge in [0, 0.05) is 30.6 Å². The largest absolute Gasteiger partial charge is 0.492 e. The molecule has 2 heterocycles. The Bertz CT molecular complexity index is 1250. The van der Waals surface area contributed by atoms with Crippen molar-refractivity contribution in [2.24, 2.45) is 0 Å². The number of benzene rings is 2. The number of hydrogen-bond donors (Lipinski definition) is 2.